The van der Waals surface area contributed by atoms with E-state index in [0.717, 1.165) is 12.1 Å². The van der Waals surface area contributed by atoms with Crippen molar-refractivity contribution in [2.24, 2.45) is 11.8 Å². The minimum Gasteiger partial charge on any atom is -0.292 e. The summed E-state index contributed by atoms with van der Waals surface area (Å²) in [6.07, 6.45) is 0. The molecule has 84 valence electrons. The van der Waals surface area contributed by atoms with Crippen molar-refractivity contribution < 1.29 is 13.6 Å². The standard InChI is InChI=1S/C12H11F2NO/c1-7(2)8(6-15)12(16)11-9(13)4-3-5-10(11)14/h3-5,7-8H,1-2H3. The smallest absolute Gasteiger partial charge is 0.186 e. The Hall–Kier alpha value is -1.76. The lowest BCUT2D eigenvalue weighted by atomic mass is 9.89. The maximum Gasteiger partial charge on any atom is 0.186 e. The van der Waals surface area contributed by atoms with Crippen LogP contribution in [0.2, 0.25) is 0 Å². The third-order valence-corrected chi connectivity index (χ3v) is 2.30. The molecule has 1 aromatic carbocycles. The van der Waals surface area contributed by atoms with E-state index in [0.29, 0.717) is 0 Å². The molecule has 1 unspecified atom stereocenters. The summed E-state index contributed by atoms with van der Waals surface area (Å²) in [4.78, 5) is 11.8. The first-order valence-electron chi connectivity index (χ1n) is 4.87. The lowest BCUT2D eigenvalue weighted by molar-refractivity contribution is 0.0916. The van der Waals surface area contributed by atoms with Gasteiger partial charge in [-0.1, -0.05) is 19.9 Å². The number of hydrogen-bond acceptors (Lipinski definition) is 2. The van der Waals surface area contributed by atoms with Gasteiger partial charge in [0.1, 0.15) is 17.6 Å². The predicted octanol–water partition coefficient (Wildman–Crippen LogP) is 2.94. The number of halogens is 2. The number of carbonyl (C=O) groups excluding carboxylic acids is 1. The normalized spacial score (nSPS) is 12.2. The first-order chi connectivity index (χ1) is 7.49. The quantitative estimate of drug-likeness (QED) is 0.739. The molecule has 1 rings (SSSR count). The van der Waals surface area contributed by atoms with E-state index < -0.39 is 28.9 Å². The topological polar surface area (TPSA) is 40.9 Å². The highest BCUT2D eigenvalue weighted by molar-refractivity contribution is 5.99. The van der Waals surface area contributed by atoms with Crippen LogP contribution in [-0.2, 0) is 0 Å². The number of nitriles is 1. The molecule has 0 amide bonds. The molecule has 0 N–H and O–H groups in total. The Labute approximate surface area is 92.5 Å². The van der Waals surface area contributed by atoms with E-state index in [-0.39, 0.29) is 5.92 Å². The number of ketones is 1. The summed E-state index contributed by atoms with van der Waals surface area (Å²) >= 11 is 0. The van der Waals surface area contributed by atoms with Gasteiger partial charge >= 0.3 is 0 Å². The molecule has 1 aromatic rings. The Balaban J connectivity index is 3.20. The van der Waals surface area contributed by atoms with Crippen LogP contribution in [0.15, 0.2) is 18.2 Å². The molecule has 0 heterocycles. The highest BCUT2D eigenvalue weighted by Gasteiger charge is 2.27. The number of carbonyl (C=O) groups is 1. The van der Waals surface area contributed by atoms with Gasteiger partial charge in [0.05, 0.1) is 11.6 Å². The van der Waals surface area contributed by atoms with Crippen LogP contribution >= 0.6 is 0 Å². The van der Waals surface area contributed by atoms with Gasteiger partial charge in [-0.05, 0) is 18.1 Å². The van der Waals surface area contributed by atoms with Crippen molar-refractivity contribution in [2.45, 2.75) is 13.8 Å². The summed E-state index contributed by atoms with van der Waals surface area (Å²) < 4.78 is 26.6. The van der Waals surface area contributed by atoms with Crippen LogP contribution in [0.1, 0.15) is 24.2 Å². The molecule has 0 spiro atoms. The van der Waals surface area contributed by atoms with E-state index in [1.165, 1.54) is 6.07 Å². The molecule has 2 nitrogen and oxygen atoms in total. The Morgan fingerprint density at radius 1 is 1.31 bits per heavy atom. The largest absolute Gasteiger partial charge is 0.292 e. The Morgan fingerprint density at radius 2 is 1.81 bits per heavy atom. The minimum absolute atomic E-state index is 0.281. The molecule has 0 aliphatic carbocycles. The van der Waals surface area contributed by atoms with Crippen LogP contribution in [0.4, 0.5) is 8.78 Å². The van der Waals surface area contributed by atoms with E-state index in [1.807, 2.05) is 0 Å². The number of benzene rings is 1. The Kier molecular flexibility index (Phi) is 3.73. The van der Waals surface area contributed by atoms with Crippen LogP contribution in [0.25, 0.3) is 0 Å². The van der Waals surface area contributed by atoms with Gasteiger partial charge in [0.25, 0.3) is 0 Å². The highest BCUT2D eigenvalue weighted by atomic mass is 19.1. The molecule has 0 bridgehead atoms. The molecular formula is C12H11F2NO. The third-order valence-electron chi connectivity index (χ3n) is 2.30. The van der Waals surface area contributed by atoms with Crippen molar-refractivity contribution in [1.29, 1.82) is 5.26 Å². The van der Waals surface area contributed by atoms with Gasteiger partial charge < -0.3 is 0 Å². The third kappa shape index (κ3) is 2.25. The monoisotopic (exact) mass is 223 g/mol. The maximum atomic E-state index is 13.3. The fourth-order valence-corrected chi connectivity index (χ4v) is 1.40. The first-order valence-corrected chi connectivity index (χ1v) is 4.87. The lowest BCUT2D eigenvalue weighted by Gasteiger charge is -2.12. The van der Waals surface area contributed by atoms with Crippen molar-refractivity contribution in [2.75, 3.05) is 0 Å². The van der Waals surface area contributed by atoms with Gasteiger partial charge in [0.2, 0.25) is 0 Å². The van der Waals surface area contributed by atoms with Gasteiger partial charge in [-0.15, -0.1) is 0 Å². The van der Waals surface area contributed by atoms with Crippen molar-refractivity contribution >= 4 is 5.78 Å². The van der Waals surface area contributed by atoms with Crippen molar-refractivity contribution in [3.63, 3.8) is 0 Å². The van der Waals surface area contributed by atoms with Crippen molar-refractivity contribution in [3.05, 3.63) is 35.4 Å². The van der Waals surface area contributed by atoms with Gasteiger partial charge in [0, 0.05) is 0 Å². The van der Waals surface area contributed by atoms with Gasteiger partial charge in [-0.25, -0.2) is 8.78 Å². The van der Waals surface area contributed by atoms with E-state index in [4.69, 9.17) is 5.26 Å². The zero-order valence-electron chi connectivity index (χ0n) is 9.00. The molecule has 0 saturated carbocycles. The summed E-state index contributed by atoms with van der Waals surface area (Å²) in [7, 11) is 0. The number of nitrogens with zero attached hydrogens (tertiary/aromatic N) is 1. The molecule has 4 heteroatoms. The molecular weight excluding hydrogens is 212 g/mol. The molecule has 0 aliphatic rings. The Morgan fingerprint density at radius 3 is 2.19 bits per heavy atom. The molecule has 0 saturated heterocycles. The van der Waals surface area contributed by atoms with E-state index in [9.17, 15) is 13.6 Å². The van der Waals surface area contributed by atoms with Crippen LogP contribution in [0.5, 0.6) is 0 Å². The first kappa shape index (κ1) is 12.3. The fourth-order valence-electron chi connectivity index (χ4n) is 1.40. The summed E-state index contributed by atoms with van der Waals surface area (Å²) in [5, 5.41) is 8.79. The van der Waals surface area contributed by atoms with E-state index in [2.05, 4.69) is 0 Å². The predicted molar refractivity (Wildman–Crippen MR) is 54.6 cm³/mol. The number of Topliss-reactive ketones (excluding diaryl/α,β-unsaturated/α-hetero) is 1. The van der Waals surface area contributed by atoms with Crippen molar-refractivity contribution in [1.82, 2.24) is 0 Å². The van der Waals surface area contributed by atoms with E-state index in [1.54, 1.807) is 19.9 Å². The SMILES string of the molecule is CC(C)C(C#N)C(=O)c1c(F)cccc1F. The summed E-state index contributed by atoms with van der Waals surface area (Å²) in [6.45, 7) is 3.31. The molecule has 0 aromatic heterocycles. The van der Waals surface area contributed by atoms with Crippen molar-refractivity contribution in [3.8, 4) is 6.07 Å². The second-order valence-corrected chi connectivity index (χ2v) is 3.81. The summed E-state index contributed by atoms with van der Waals surface area (Å²) in [6, 6.07) is 4.96. The van der Waals surface area contributed by atoms with Crippen LogP contribution < -0.4 is 0 Å². The van der Waals surface area contributed by atoms with Crippen LogP contribution in [0, 0.1) is 34.8 Å². The summed E-state index contributed by atoms with van der Waals surface area (Å²) in [5.41, 5.74) is -0.622. The molecule has 0 aliphatic heterocycles. The molecule has 16 heavy (non-hydrogen) atoms. The average molecular weight is 223 g/mol. The molecule has 0 radical (unpaired) electrons. The van der Waals surface area contributed by atoms with Gasteiger partial charge in [-0.2, -0.15) is 5.26 Å². The van der Waals surface area contributed by atoms with Crippen LogP contribution in [0.3, 0.4) is 0 Å². The van der Waals surface area contributed by atoms with E-state index >= 15 is 0 Å². The van der Waals surface area contributed by atoms with Gasteiger partial charge in [-0.3, -0.25) is 4.79 Å². The Bertz CT molecular complexity index is 429. The zero-order chi connectivity index (χ0) is 12.3. The highest BCUT2D eigenvalue weighted by Crippen LogP contribution is 2.21. The van der Waals surface area contributed by atoms with Crippen LogP contribution in [-0.4, -0.2) is 5.78 Å². The summed E-state index contributed by atoms with van der Waals surface area (Å²) in [5.74, 6) is -3.95. The fraction of sp³-hybridized carbons (Fsp3) is 0.333. The second-order valence-electron chi connectivity index (χ2n) is 3.81. The zero-order valence-corrected chi connectivity index (χ0v) is 9.00. The minimum atomic E-state index is -1.02. The molecule has 1 atom stereocenters. The van der Waals surface area contributed by atoms with Gasteiger partial charge in [0.15, 0.2) is 5.78 Å². The lowest BCUT2D eigenvalue weighted by Crippen LogP contribution is -2.21. The second kappa shape index (κ2) is 4.84. The average Bonchev–Trinajstić information content (AvgIpc) is 2.17. The molecule has 0 fully saturated rings. The number of hydrogen-bond donors (Lipinski definition) is 0. The number of rotatable bonds is 3. The maximum absolute atomic E-state index is 13.3.